The van der Waals surface area contributed by atoms with Crippen LogP contribution in [0.25, 0.3) is 10.9 Å². The van der Waals surface area contributed by atoms with E-state index >= 15 is 0 Å². The van der Waals surface area contributed by atoms with Gasteiger partial charge in [-0.05, 0) is 88.4 Å². The van der Waals surface area contributed by atoms with Gasteiger partial charge in [0, 0.05) is 52.7 Å². The Morgan fingerprint density at radius 2 is 1.73 bits per heavy atom. The number of aliphatic imine (C=N–C) groups is 1. The first-order valence-corrected chi connectivity index (χ1v) is 14.9. The van der Waals surface area contributed by atoms with Crippen molar-refractivity contribution in [3.63, 3.8) is 0 Å². The molecule has 1 aliphatic rings. The molecule has 0 bridgehead atoms. The van der Waals surface area contributed by atoms with Gasteiger partial charge in [-0.25, -0.2) is 0 Å². The largest absolute Gasteiger partial charge is 0.494 e. The van der Waals surface area contributed by atoms with E-state index < -0.39 is 0 Å². The highest BCUT2D eigenvalue weighted by Crippen LogP contribution is 2.29. The number of carbonyl (C=O) groups is 2. The van der Waals surface area contributed by atoms with Gasteiger partial charge < -0.3 is 25.0 Å². The van der Waals surface area contributed by atoms with Crippen molar-refractivity contribution in [2.75, 3.05) is 36.5 Å². The number of nitrogens with zero attached hydrogens (tertiary/aromatic N) is 4. The number of benzene rings is 3. The SMILES string of the molecule is Cc1cc(C(=O)Nc2cccc(C(=O)c3ccc4[nH]c(O)c(C=Nc5ccc(N6CCOCC6)cc5)c4c3)c2)n(C(C)(C)C)n1. The molecule has 0 unspecified atom stereocenters. The van der Waals surface area contributed by atoms with Crippen LogP contribution in [-0.4, -0.2) is 64.1 Å². The fraction of sp³-hybridized carbons (Fsp3) is 0.257. The summed E-state index contributed by atoms with van der Waals surface area (Å²) in [6.45, 7) is 11.0. The van der Waals surface area contributed by atoms with E-state index in [0.29, 0.717) is 39.0 Å². The number of hydrogen-bond acceptors (Lipinski definition) is 7. The topological polar surface area (TPSA) is 125 Å². The Morgan fingerprint density at radius 1 is 1.00 bits per heavy atom. The lowest BCUT2D eigenvalue weighted by molar-refractivity contribution is 0.100. The smallest absolute Gasteiger partial charge is 0.273 e. The molecule has 0 aliphatic carbocycles. The number of carbonyl (C=O) groups excluding carboxylic acids is 2. The van der Waals surface area contributed by atoms with Gasteiger partial charge in [-0.2, -0.15) is 5.10 Å². The van der Waals surface area contributed by atoms with Crippen LogP contribution in [0.4, 0.5) is 17.1 Å². The molecule has 5 aromatic rings. The van der Waals surface area contributed by atoms with Gasteiger partial charge in [0.05, 0.1) is 35.7 Å². The highest BCUT2D eigenvalue weighted by atomic mass is 16.5. The maximum atomic E-state index is 13.6. The average molecular weight is 605 g/mol. The van der Waals surface area contributed by atoms with Gasteiger partial charge in [-0.15, -0.1) is 0 Å². The number of ether oxygens (including phenoxy) is 1. The molecule has 3 heterocycles. The van der Waals surface area contributed by atoms with E-state index in [2.05, 4.69) is 25.3 Å². The van der Waals surface area contributed by atoms with Gasteiger partial charge >= 0.3 is 0 Å². The second-order valence-electron chi connectivity index (χ2n) is 12.1. The van der Waals surface area contributed by atoms with Crippen LogP contribution in [-0.2, 0) is 10.3 Å². The third-order valence-corrected chi connectivity index (χ3v) is 7.73. The molecule has 0 radical (unpaired) electrons. The Hall–Kier alpha value is -5.22. The predicted molar refractivity (Wildman–Crippen MR) is 176 cm³/mol. The summed E-state index contributed by atoms with van der Waals surface area (Å²) < 4.78 is 7.14. The predicted octanol–water partition coefficient (Wildman–Crippen LogP) is 6.20. The minimum atomic E-state index is -0.374. The van der Waals surface area contributed by atoms with Crippen LogP contribution >= 0.6 is 0 Å². The Labute approximate surface area is 261 Å². The molecule has 0 saturated carbocycles. The summed E-state index contributed by atoms with van der Waals surface area (Å²) in [5.74, 6) is -0.553. The number of rotatable bonds is 7. The minimum Gasteiger partial charge on any atom is -0.494 e. The highest BCUT2D eigenvalue weighted by Gasteiger charge is 2.23. The highest BCUT2D eigenvalue weighted by molar-refractivity contribution is 6.13. The third-order valence-electron chi connectivity index (χ3n) is 7.73. The van der Waals surface area contributed by atoms with Crippen molar-refractivity contribution in [2.24, 2.45) is 4.99 Å². The number of aryl methyl sites for hydroxylation is 1. The Morgan fingerprint density at radius 3 is 2.47 bits per heavy atom. The van der Waals surface area contributed by atoms with Crippen molar-refractivity contribution in [3.05, 3.63) is 101 Å². The maximum absolute atomic E-state index is 13.6. The lowest BCUT2D eigenvalue weighted by atomic mass is 10.0. The van der Waals surface area contributed by atoms with Crippen molar-refractivity contribution < 1.29 is 19.4 Å². The molecule has 45 heavy (non-hydrogen) atoms. The Kier molecular flexibility index (Phi) is 7.99. The van der Waals surface area contributed by atoms with Gasteiger partial charge in [-0.3, -0.25) is 19.3 Å². The molecule has 1 aliphatic heterocycles. The van der Waals surface area contributed by atoms with E-state index in [0.717, 1.165) is 43.4 Å². The van der Waals surface area contributed by atoms with Crippen LogP contribution in [0.2, 0.25) is 0 Å². The normalized spacial score (nSPS) is 13.9. The number of aromatic nitrogens is 3. The molecule has 3 aromatic carbocycles. The third kappa shape index (κ3) is 6.37. The van der Waals surface area contributed by atoms with Crippen LogP contribution in [0.1, 0.15) is 58.4 Å². The zero-order chi connectivity index (χ0) is 31.7. The number of H-pyrrole nitrogens is 1. The molecule has 2 aromatic heterocycles. The summed E-state index contributed by atoms with van der Waals surface area (Å²) in [5.41, 5.74) is 5.20. The Bertz CT molecular complexity index is 1910. The van der Waals surface area contributed by atoms with Crippen molar-refractivity contribution in [1.82, 2.24) is 14.8 Å². The molecular weight excluding hydrogens is 568 g/mol. The number of anilines is 2. The fourth-order valence-electron chi connectivity index (χ4n) is 5.45. The van der Waals surface area contributed by atoms with Crippen LogP contribution < -0.4 is 10.2 Å². The summed E-state index contributed by atoms with van der Waals surface area (Å²) in [4.78, 5) is 36.6. The van der Waals surface area contributed by atoms with Crippen LogP contribution in [0, 0.1) is 6.92 Å². The van der Waals surface area contributed by atoms with E-state index in [-0.39, 0.29) is 23.1 Å². The molecule has 1 saturated heterocycles. The van der Waals surface area contributed by atoms with E-state index in [1.807, 2.05) is 52.0 Å². The lowest BCUT2D eigenvalue weighted by Gasteiger charge is -2.28. The number of ketones is 1. The number of nitrogens with one attached hydrogen (secondary N) is 2. The number of aromatic amines is 1. The average Bonchev–Trinajstić information content (AvgIpc) is 3.59. The van der Waals surface area contributed by atoms with Crippen LogP contribution in [0.15, 0.2) is 77.8 Å². The van der Waals surface area contributed by atoms with Gasteiger partial charge in [-0.1, -0.05) is 12.1 Å². The molecule has 1 amide bonds. The van der Waals surface area contributed by atoms with Gasteiger partial charge in [0.2, 0.25) is 0 Å². The first-order valence-electron chi connectivity index (χ1n) is 14.9. The molecule has 10 heteroatoms. The van der Waals surface area contributed by atoms with E-state index in [4.69, 9.17) is 4.74 Å². The molecule has 230 valence electrons. The number of fused-ring (bicyclic) bond motifs is 1. The molecule has 10 nitrogen and oxygen atoms in total. The molecule has 6 rings (SSSR count). The summed E-state index contributed by atoms with van der Waals surface area (Å²) in [7, 11) is 0. The zero-order valence-electron chi connectivity index (χ0n) is 25.8. The minimum absolute atomic E-state index is 0.0299. The van der Waals surface area contributed by atoms with Crippen molar-refractivity contribution in [2.45, 2.75) is 33.2 Å². The van der Waals surface area contributed by atoms with E-state index in [9.17, 15) is 14.7 Å². The molecular formula is C35H36N6O4. The standard InChI is InChI=1S/C35H36N6O4/c1-22-18-31(41(39-22)35(2,3)4)34(44)37-26-7-5-6-23(19-26)32(42)24-8-13-30-28(20-24)29(33(43)38-30)21-36-25-9-11-27(12-10-25)40-14-16-45-17-15-40/h5-13,18-21,38,43H,14-17H2,1-4H3,(H,37,44). The lowest BCUT2D eigenvalue weighted by Crippen LogP contribution is -2.36. The summed E-state index contributed by atoms with van der Waals surface area (Å²) in [5, 5.41) is 18.7. The molecule has 3 N–H and O–H groups in total. The summed E-state index contributed by atoms with van der Waals surface area (Å²) in [6.07, 6.45) is 1.60. The monoisotopic (exact) mass is 604 g/mol. The van der Waals surface area contributed by atoms with Crippen molar-refractivity contribution in [1.29, 1.82) is 0 Å². The fourth-order valence-corrected chi connectivity index (χ4v) is 5.45. The number of aromatic hydroxyl groups is 1. The quantitative estimate of drug-likeness (QED) is 0.150. The first-order chi connectivity index (χ1) is 21.6. The molecule has 0 spiro atoms. The summed E-state index contributed by atoms with van der Waals surface area (Å²) in [6, 6.07) is 21.7. The van der Waals surface area contributed by atoms with Gasteiger partial charge in [0.15, 0.2) is 11.7 Å². The summed E-state index contributed by atoms with van der Waals surface area (Å²) >= 11 is 0. The van der Waals surface area contributed by atoms with E-state index in [1.54, 1.807) is 59.4 Å². The van der Waals surface area contributed by atoms with E-state index in [1.165, 1.54) is 0 Å². The number of amides is 1. The first kappa shape index (κ1) is 29.8. The van der Waals surface area contributed by atoms with Crippen molar-refractivity contribution >= 4 is 45.9 Å². The zero-order valence-corrected chi connectivity index (χ0v) is 25.8. The number of morpholine rings is 1. The van der Waals surface area contributed by atoms with Crippen LogP contribution in [0.5, 0.6) is 5.88 Å². The molecule has 0 atom stereocenters. The maximum Gasteiger partial charge on any atom is 0.273 e. The van der Waals surface area contributed by atoms with Gasteiger partial charge in [0.1, 0.15) is 5.69 Å². The Balaban J connectivity index is 1.21. The second-order valence-corrected chi connectivity index (χ2v) is 12.1. The van der Waals surface area contributed by atoms with Crippen molar-refractivity contribution in [3.8, 4) is 5.88 Å². The second kappa shape index (κ2) is 12.0. The van der Waals surface area contributed by atoms with Crippen LogP contribution in [0.3, 0.4) is 0 Å². The van der Waals surface area contributed by atoms with Gasteiger partial charge in [0.25, 0.3) is 5.91 Å². The molecule has 1 fully saturated rings. The number of hydrogen-bond donors (Lipinski definition) is 3.